The third-order valence-corrected chi connectivity index (χ3v) is 20.0. The maximum absolute atomic E-state index is 13.1. The summed E-state index contributed by atoms with van der Waals surface area (Å²) in [5, 5.41) is 10.6. The first-order valence-electron chi connectivity index (χ1n) is 40.3. The molecule has 2 unspecified atom stereocenters. The van der Waals surface area contributed by atoms with Crippen LogP contribution in [0.3, 0.4) is 0 Å². The summed E-state index contributed by atoms with van der Waals surface area (Å²) in [6.45, 7) is 4.91. The Bertz CT molecular complexity index is 1830. The number of esters is 4. The molecule has 0 fully saturated rings. The Morgan fingerprint density at radius 2 is 0.417 bits per heavy atom. The van der Waals surface area contributed by atoms with Crippen LogP contribution in [-0.4, -0.2) is 96.7 Å². The number of carbonyl (C=O) groups is 4. The van der Waals surface area contributed by atoms with Gasteiger partial charge in [-0.25, -0.2) is 9.13 Å². The van der Waals surface area contributed by atoms with E-state index in [0.29, 0.717) is 25.7 Å². The van der Waals surface area contributed by atoms with Crippen molar-refractivity contribution in [2.45, 2.75) is 431 Å². The first kappa shape index (κ1) is 94.1. The highest BCUT2D eigenvalue weighted by molar-refractivity contribution is 7.47. The van der Waals surface area contributed by atoms with Crippen LogP contribution in [0.25, 0.3) is 0 Å². The molecular weight excluding hydrogens is 1260 g/mol. The molecule has 17 nitrogen and oxygen atoms in total. The molecule has 5 atom stereocenters. The number of ether oxygens (including phenoxy) is 4. The third-order valence-electron chi connectivity index (χ3n) is 18.1. The topological polar surface area (TPSA) is 237 Å². The smallest absolute Gasteiger partial charge is 0.462 e. The Kier molecular flexibility index (Phi) is 70.0. The Morgan fingerprint density at radius 3 is 0.615 bits per heavy atom. The van der Waals surface area contributed by atoms with E-state index in [-0.39, 0.29) is 25.7 Å². The number of phosphoric ester groups is 2. The molecule has 96 heavy (non-hydrogen) atoms. The van der Waals surface area contributed by atoms with Gasteiger partial charge in [0, 0.05) is 25.7 Å². The van der Waals surface area contributed by atoms with Crippen molar-refractivity contribution in [3.05, 3.63) is 0 Å². The second-order valence-electron chi connectivity index (χ2n) is 27.7. The summed E-state index contributed by atoms with van der Waals surface area (Å²) in [7, 11) is -9.90. The second kappa shape index (κ2) is 71.5. The van der Waals surface area contributed by atoms with Crippen LogP contribution in [-0.2, 0) is 65.4 Å². The highest BCUT2D eigenvalue weighted by atomic mass is 31.2. The van der Waals surface area contributed by atoms with Crippen LogP contribution in [0, 0.1) is 0 Å². The van der Waals surface area contributed by atoms with E-state index in [9.17, 15) is 43.2 Å². The van der Waals surface area contributed by atoms with Gasteiger partial charge in [0.25, 0.3) is 0 Å². The SMILES string of the molecule is CCCCCCCCCCCCCCCCCCCCCCCC(=O)O[C@H](COC(=O)CCCCCCCCCCCCCCCCC)COP(=O)(O)OC[C@@H](O)COP(=O)(O)OC[C@@H](COC(=O)CCCCCCC)OC(=O)CCCCCCCCCCCCCCCCC. The van der Waals surface area contributed by atoms with E-state index in [0.717, 1.165) is 96.3 Å². The number of carbonyl (C=O) groups excluding carboxylic acids is 4. The molecule has 0 aliphatic heterocycles. The highest BCUT2D eigenvalue weighted by Gasteiger charge is 2.30. The van der Waals surface area contributed by atoms with Crippen LogP contribution in [0.5, 0.6) is 0 Å². The molecule has 0 saturated carbocycles. The van der Waals surface area contributed by atoms with Crippen LogP contribution in [0.1, 0.15) is 413 Å². The lowest BCUT2D eigenvalue weighted by atomic mass is 10.0. The Labute approximate surface area is 588 Å². The number of hydrogen-bond acceptors (Lipinski definition) is 15. The molecule has 0 spiro atoms. The Morgan fingerprint density at radius 1 is 0.250 bits per heavy atom. The van der Waals surface area contributed by atoms with Gasteiger partial charge in [-0.15, -0.1) is 0 Å². The fourth-order valence-electron chi connectivity index (χ4n) is 11.9. The standard InChI is InChI=1S/C77H150O17P2/c1-5-9-13-17-20-23-26-29-32-33-34-35-36-37-40-43-46-49-52-56-60-64-77(82)94-73(68-88-75(80)62-58-54-50-47-44-41-38-30-27-24-21-18-14-10-6-2)70-92-96(85,86)90-66-71(78)65-89-95(83,84)91-69-72(67-87-74(79)61-57-53-16-12-8-4)93-76(81)63-59-55-51-48-45-42-39-31-28-25-22-19-15-11-7-3/h71-73,78H,5-70H2,1-4H3,(H,83,84)(H,85,86)/t71-,72+,73+/m0/s1. The zero-order valence-corrected chi connectivity index (χ0v) is 64.1. The summed E-state index contributed by atoms with van der Waals surface area (Å²) in [5.74, 6) is -2.12. The van der Waals surface area contributed by atoms with Crippen molar-refractivity contribution < 1.29 is 80.2 Å². The van der Waals surface area contributed by atoms with Gasteiger partial charge in [-0.2, -0.15) is 0 Å². The summed E-state index contributed by atoms with van der Waals surface area (Å²) in [6, 6.07) is 0. The number of rotatable bonds is 78. The molecule has 0 heterocycles. The molecule has 0 rings (SSSR count). The van der Waals surface area contributed by atoms with E-state index >= 15 is 0 Å². The van der Waals surface area contributed by atoms with Crippen LogP contribution in [0.2, 0.25) is 0 Å². The first-order valence-corrected chi connectivity index (χ1v) is 43.3. The Balaban J connectivity index is 5.11. The molecule has 0 saturated heterocycles. The van der Waals surface area contributed by atoms with Crippen LogP contribution >= 0.6 is 15.6 Å². The van der Waals surface area contributed by atoms with E-state index in [1.54, 1.807) is 0 Å². The predicted octanol–water partition coefficient (Wildman–Crippen LogP) is 23.0. The lowest BCUT2D eigenvalue weighted by Crippen LogP contribution is -2.30. The first-order chi connectivity index (χ1) is 46.7. The van der Waals surface area contributed by atoms with Gasteiger partial charge in [0.15, 0.2) is 12.2 Å². The normalized spacial score (nSPS) is 13.9. The van der Waals surface area contributed by atoms with Gasteiger partial charge in [-0.3, -0.25) is 37.3 Å². The monoisotopic (exact) mass is 1410 g/mol. The predicted molar refractivity (Wildman–Crippen MR) is 391 cm³/mol. The zero-order valence-electron chi connectivity index (χ0n) is 62.4. The minimum atomic E-state index is -4.95. The molecule has 0 aromatic carbocycles. The quantitative estimate of drug-likeness (QED) is 0.0222. The largest absolute Gasteiger partial charge is 0.472 e. The fraction of sp³-hybridized carbons (Fsp3) is 0.948. The van der Waals surface area contributed by atoms with Crippen molar-refractivity contribution in [1.82, 2.24) is 0 Å². The number of hydrogen-bond donors (Lipinski definition) is 3. The van der Waals surface area contributed by atoms with E-state index in [4.69, 9.17) is 37.0 Å². The van der Waals surface area contributed by atoms with Crippen LogP contribution in [0.15, 0.2) is 0 Å². The second-order valence-corrected chi connectivity index (χ2v) is 30.7. The van der Waals surface area contributed by atoms with E-state index < -0.39 is 97.5 Å². The van der Waals surface area contributed by atoms with Crippen LogP contribution in [0.4, 0.5) is 0 Å². The summed E-state index contributed by atoms with van der Waals surface area (Å²) >= 11 is 0. The summed E-state index contributed by atoms with van der Waals surface area (Å²) in [4.78, 5) is 72.6. The van der Waals surface area contributed by atoms with Crippen molar-refractivity contribution >= 4 is 39.5 Å². The van der Waals surface area contributed by atoms with Gasteiger partial charge in [0.05, 0.1) is 26.4 Å². The number of aliphatic hydroxyl groups is 1. The summed E-state index contributed by atoms with van der Waals surface area (Å²) < 4.78 is 68.3. The van der Waals surface area contributed by atoms with Crippen LogP contribution < -0.4 is 0 Å². The van der Waals surface area contributed by atoms with Crippen molar-refractivity contribution in [2.75, 3.05) is 39.6 Å². The van der Waals surface area contributed by atoms with Gasteiger partial charge in [0.1, 0.15) is 19.3 Å². The molecule has 0 aliphatic rings. The molecule has 0 aromatic rings. The minimum absolute atomic E-state index is 0.108. The van der Waals surface area contributed by atoms with Crippen molar-refractivity contribution in [1.29, 1.82) is 0 Å². The Hall–Kier alpha value is -1.94. The maximum atomic E-state index is 13.1. The van der Waals surface area contributed by atoms with Crippen molar-refractivity contribution in [2.24, 2.45) is 0 Å². The lowest BCUT2D eigenvalue weighted by Gasteiger charge is -2.21. The van der Waals surface area contributed by atoms with Gasteiger partial charge in [-0.1, -0.05) is 362 Å². The maximum Gasteiger partial charge on any atom is 0.472 e. The average Bonchev–Trinajstić information content (AvgIpc) is 1.36. The molecule has 0 radical (unpaired) electrons. The van der Waals surface area contributed by atoms with Gasteiger partial charge < -0.3 is 33.8 Å². The van der Waals surface area contributed by atoms with Gasteiger partial charge >= 0.3 is 39.5 Å². The van der Waals surface area contributed by atoms with E-state index in [1.165, 1.54) is 238 Å². The summed E-state index contributed by atoms with van der Waals surface area (Å²) in [5.41, 5.74) is 0. The molecule has 0 bridgehead atoms. The van der Waals surface area contributed by atoms with Crippen molar-refractivity contribution in [3.8, 4) is 0 Å². The molecule has 570 valence electrons. The molecule has 19 heteroatoms. The third kappa shape index (κ3) is 70.5. The fourth-order valence-corrected chi connectivity index (χ4v) is 13.5. The molecular formula is C77H150O17P2. The lowest BCUT2D eigenvalue weighted by molar-refractivity contribution is -0.161. The van der Waals surface area contributed by atoms with E-state index in [2.05, 4.69) is 27.7 Å². The minimum Gasteiger partial charge on any atom is -0.462 e. The number of phosphoric acid groups is 2. The zero-order chi connectivity index (χ0) is 70.4. The summed E-state index contributed by atoms with van der Waals surface area (Å²) in [6.07, 6.45) is 62.9. The average molecular weight is 1410 g/mol. The molecule has 0 aromatic heterocycles. The molecule has 3 N–H and O–H groups in total. The van der Waals surface area contributed by atoms with Gasteiger partial charge in [0.2, 0.25) is 0 Å². The van der Waals surface area contributed by atoms with Crippen molar-refractivity contribution in [3.63, 3.8) is 0 Å². The molecule has 0 amide bonds. The number of aliphatic hydroxyl groups excluding tert-OH is 1. The number of unbranched alkanes of at least 4 members (excludes halogenated alkanes) is 52. The molecule has 0 aliphatic carbocycles. The highest BCUT2D eigenvalue weighted by Crippen LogP contribution is 2.45. The van der Waals surface area contributed by atoms with E-state index in [1.807, 2.05) is 0 Å². The van der Waals surface area contributed by atoms with Gasteiger partial charge in [-0.05, 0) is 25.7 Å².